The monoisotopic (exact) mass is 169 g/mol. The molecule has 0 heterocycles. The highest BCUT2D eigenvalue weighted by Crippen LogP contribution is 2.36. The minimum Gasteiger partial charge on any atom is -0.756 e. The summed E-state index contributed by atoms with van der Waals surface area (Å²) >= 11 is 0. The summed E-state index contributed by atoms with van der Waals surface area (Å²) in [5.41, 5.74) is 0. The van der Waals surface area contributed by atoms with Crippen molar-refractivity contribution >= 4 is 7.82 Å². The molecule has 0 aliphatic rings. The van der Waals surface area contributed by atoms with Gasteiger partial charge in [-0.15, -0.1) is 0 Å². The molecule has 0 aromatic rings. The van der Waals surface area contributed by atoms with Crippen molar-refractivity contribution in [1.29, 1.82) is 0 Å². The second-order valence-corrected chi connectivity index (χ2v) is 3.06. The number of rotatable bonds is 5. The van der Waals surface area contributed by atoms with Gasteiger partial charge in [-0.05, 0) is 6.42 Å². The largest absolute Gasteiger partial charge is 0.756 e. The van der Waals surface area contributed by atoms with E-state index in [-0.39, 0.29) is 19.6 Å². The SMILES string of the molecule is COP(=O)([O-])OCCCO. The van der Waals surface area contributed by atoms with Crippen LogP contribution in [0.15, 0.2) is 0 Å². The average molecular weight is 169 g/mol. The maximum Gasteiger partial charge on any atom is 0.267 e. The van der Waals surface area contributed by atoms with Crippen LogP contribution in [0.25, 0.3) is 0 Å². The lowest BCUT2D eigenvalue weighted by Gasteiger charge is -2.19. The van der Waals surface area contributed by atoms with E-state index in [4.69, 9.17) is 5.11 Å². The molecule has 0 aliphatic carbocycles. The van der Waals surface area contributed by atoms with Gasteiger partial charge in [-0.1, -0.05) is 0 Å². The van der Waals surface area contributed by atoms with Crippen molar-refractivity contribution in [3.05, 3.63) is 0 Å². The highest BCUT2D eigenvalue weighted by atomic mass is 31.2. The van der Waals surface area contributed by atoms with Gasteiger partial charge in [0, 0.05) is 13.7 Å². The zero-order valence-corrected chi connectivity index (χ0v) is 6.54. The van der Waals surface area contributed by atoms with Gasteiger partial charge in [-0.3, -0.25) is 4.57 Å². The van der Waals surface area contributed by atoms with E-state index in [9.17, 15) is 9.46 Å². The van der Waals surface area contributed by atoms with Gasteiger partial charge in [-0.25, -0.2) is 0 Å². The average Bonchev–Trinajstić information content (AvgIpc) is 1.89. The van der Waals surface area contributed by atoms with Crippen molar-refractivity contribution in [3.8, 4) is 0 Å². The lowest BCUT2D eigenvalue weighted by molar-refractivity contribution is -0.223. The molecule has 0 spiro atoms. The van der Waals surface area contributed by atoms with Gasteiger partial charge < -0.3 is 19.0 Å². The predicted octanol–water partition coefficient (Wildman–Crippen LogP) is -0.500. The van der Waals surface area contributed by atoms with Crippen molar-refractivity contribution in [2.24, 2.45) is 0 Å². The Bertz CT molecular complexity index is 125. The Morgan fingerprint density at radius 2 is 2.30 bits per heavy atom. The summed E-state index contributed by atoms with van der Waals surface area (Å²) in [5.74, 6) is 0. The van der Waals surface area contributed by atoms with Crippen molar-refractivity contribution in [1.82, 2.24) is 0 Å². The molecule has 0 fully saturated rings. The zero-order chi connectivity index (χ0) is 8.04. The number of aliphatic hydroxyl groups excluding tert-OH is 1. The Balaban J connectivity index is 3.38. The molecular weight excluding hydrogens is 159 g/mol. The first-order valence-corrected chi connectivity index (χ1v) is 4.20. The van der Waals surface area contributed by atoms with E-state index in [1.165, 1.54) is 0 Å². The molecule has 0 aliphatic heterocycles. The number of phosphoric ester groups is 1. The minimum atomic E-state index is -4.06. The number of hydrogen-bond donors (Lipinski definition) is 1. The van der Waals surface area contributed by atoms with Crippen LogP contribution in [0, 0.1) is 0 Å². The zero-order valence-electron chi connectivity index (χ0n) is 5.65. The third kappa shape index (κ3) is 4.90. The second-order valence-electron chi connectivity index (χ2n) is 1.54. The van der Waals surface area contributed by atoms with E-state index in [1.807, 2.05) is 0 Å². The van der Waals surface area contributed by atoms with Crippen LogP contribution in [0.2, 0.25) is 0 Å². The first-order valence-electron chi connectivity index (χ1n) is 2.74. The highest BCUT2D eigenvalue weighted by molar-refractivity contribution is 7.45. The van der Waals surface area contributed by atoms with E-state index in [0.29, 0.717) is 0 Å². The fourth-order valence-corrected chi connectivity index (χ4v) is 0.752. The Morgan fingerprint density at radius 1 is 1.70 bits per heavy atom. The first kappa shape index (κ1) is 10.1. The second kappa shape index (κ2) is 4.82. The van der Waals surface area contributed by atoms with Crippen molar-refractivity contribution in [3.63, 3.8) is 0 Å². The van der Waals surface area contributed by atoms with Crippen LogP contribution in [-0.2, 0) is 13.6 Å². The summed E-state index contributed by atoms with van der Waals surface area (Å²) in [4.78, 5) is 10.4. The fraction of sp³-hybridized carbons (Fsp3) is 1.00. The summed E-state index contributed by atoms with van der Waals surface area (Å²) in [6, 6.07) is 0. The minimum absolute atomic E-state index is 0.0366. The van der Waals surface area contributed by atoms with Crippen LogP contribution in [0.5, 0.6) is 0 Å². The standard InChI is InChI=1S/C4H11O5P/c1-8-10(6,7)9-4-2-3-5/h5H,2-4H2,1H3,(H,6,7)/p-1. The molecule has 10 heavy (non-hydrogen) atoms. The summed E-state index contributed by atoms with van der Waals surface area (Å²) in [7, 11) is -3.04. The molecular formula is C4H10O5P-. The summed E-state index contributed by atoms with van der Waals surface area (Å²) in [6.45, 7) is -0.130. The van der Waals surface area contributed by atoms with E-state index in [0.717, 1.165) is 7.11 Å². The first-order chi connectivity index (χ1) is 4.62. The van der Waals surface area contributed by atoms with E-state index in [2.05, 4.69) is 9.05 Å². The van der Waals surface area contributed by atoms with Crippen molar-refractivity contribution in [2.75, 3.05) is 20.3 Å². The van der Waals surface area contributed by atoms with Gasteiger partial charge in [0.25, 0.3) is 7.82 Å². The Hall–Kier alpha value is 0.0700. The number of phosphoric acid groups is 1. The topological polar surface area (TPSA) is 78.8 Å². The molecule has 6 heteroatoms. The maximum absolute atomic E-state index is 10.4. The molecule has 5 nitrogen and oxygen atoms in total. The summed E-state index contributed by atoms with van der Waals surface area (Å²) < 4.78 is 18.6. The molecule has 1 atom stereocenters. The molecule has 62 valence electrons. The van der Waals surface area contributed by atoms with Crippen LogP contribution in [-0.4, -0.2) is 25.4 Å². The van der Waals surface area contributed by atoms with Gasteiger partial charge in [0.15, 0.2) is 0 Å². The van der Waals surface area contributed by atoms with E-state index < -0.39 is 7.82 Å². The van der Waals surface area contributed by atoms with E-state index >= 15 is 0 Å². The number of aliphatic hydroxyl groups is 1. The lowest BCUT2D eigenvalue weighted by Crippen LogP contribution is -2.07. The quantitative estimate of drug-likeness (QED) is 0.443. The molecule has 0 amide bonds. The molecule has 1 N–H and O–H groups in total. The molecule has 0 saturated heterocycles. The van der Waals surface area contributed by atoms with Crippen molar-refractivity contribution < 1.29 is 23.6 Å². The van der Waals surface area contributed by atoms with Gasteiger partial charge >= 0.3 is 0 Å². The van der Waals surface area contributed by atoms with E-state index in [1.54, 1.807) is 0 Å². The van der Waals surface area contributed by atoms with Crippen molar-refractivity contribution in [2.45, 2.75) is 6.42 Å². The molecule has 0 aromatic heterocycles. The Kier molecular flexibility index (Phi) is 4.85. The van der Waals surface area contributed by atoms with Gasteiger partial charge in [0.1, 0.15) is 0 Å². The lowest BCUT2D eigenvalue weighted by atomic mass is 10.5. The molecule has 1 unspecified atom stereocenters. The van der Waals surface area contributed by atoms with Crippen LogP contribution >= 0.6 is 7.82 Å². The molecule has 0 aromatic carbocycles. The van der Waals surface area contributed by atoms with Gasteiger partial charge in [0.05, 0.1) is 6.61 Å². The van der Waals surface area contributed by atoms with Crippen LogP contribution in [0.3, 0.4) is 0 Å². The summed E-state index contributed by atoms with van der Waals surface area (Å²) in [5, 5.41) is 8.22. The maximum atomic E-state index is 10.4. The van der Waals surface area contributed by atoms with Crippen LogP contribution < -0.4 is 4.89 Å². The Morgan fingerprint density at radius 3 is 2.70 bits per heavy atom. The predicted molar refractivity (Wildman–Crippen MR) is 32.3 cm³/mol. The molecule has 0 bridgehead atoms. The highest BCUT2D eigenvalue weighted by Gasteiger charge is 2.03. The van der Waals surface area contributed by atoms with Crippen LogP contribution in [0.1, 0.15) is 6.42 Å². The molecule has 0 radical (unpaired) electrons. The molecule has 0 saturated carbocycles. The van der Waals surface area contributed by atoms with Crippen LogP contribution in [0.4, 0.5) is 0 Å². The smallest absolute Gasteiger partial charge is 0.267 e. The van der Waals surface area contributed by atoms with Gasteiger partial charge in [0.2, 0.25) is 0 Å². The summed E-state index contributed by atoms with van der Waals surface area (Å²) in [6.07, 6.45) is 0.287. The normalized spacial score (nSPS) is 16.7. The van der Waals surface area contributed by atoms with Gasteiger partial charge in [-0.2, -0.15) is 0 Å². The third-order valence-corrected chi connectivity index (χ3v) is 1.72. The Labute approximate surface area is 59.2 Å². The fourth-order valence-electron chi connectivity index (χ4n) is 0.294. The third-order valence-electron chi connectivity index (χ3n) is 0.775. The number of hydrogen-bond acceptors (Lipinski definition) is 5. The molecule has 0 rings (SSSR count).